The third-order valence-electron chi connectivity index (χ3n) is 2.89. The van der Waals surface area contributed by atoms with E-state index in [1.165, 1.54) is 25.7 Å². The molecule has 1 N–H and O–H groups in total. The fourth-order valence-corrected chi connectivity index (χ4v) is 1.67. The number of aromatic nitrogens is 1. The van der Waals surface area contributed by atoms with Crippen LogP contribution in [0, 0.1) is 0 Å². The zero-order valence-corrected chi connectivity index (χ0v) is 12.2. The molecule has 102 valence electrons. The lowest BCUT2D eigenvalue weighted by Crippen LogP contribution is -2.23. The Kier molecular flexibility index (Phi) is 11.5. The Balaban J connectivity index is 0.000000321. The Morgan fingerprint density at radius 2 is 2.17 bits per heavy atom. The first-order valence-electron chi connectivity index (χ1n) is 6.96. The Bertz CT molecular complexity index is 278. The van der Waals surface area contributed by atoms with Gasteiger partial charge in [-0.2, -0.15) is 0 Å². The topological polar surface area (TPSA) is 24.9 Å². The Morgan fingerprint density at radius 1 is 1.39 bits per heavy atom. The number of unbranched alkanes of at least 4 members (excludes halogenated alkanes) is 1. The van der Waals surface area contributed by atoms with Crippen LogP contribution in [-0.2, 0) is 6.42 Å². The van der Waals surface area contributed by atoms with Crippen LogP contribution in [0.2, 0.25) is 0 Å². The third kappa shape index (κ3) is 8.94. The highest BCUT2D eigenvalue weighted by molar-refractivity contribution is 5.06. The van der Waals surface area contributed by atoms with Gasteiger partial charge in [-0.3, -0.25) is 4.98 Å². The van der Waals surface area contributed by atoms with Gasteiger partial charge < -0.3 is 5.32 Å². The van der Waals surface area contributed by atoms with Crippen molar-refractivity contribution < 1.29 is 0 Å². The number of nitrogens with one attached hydrogen (secondary N) is 1. The van der Waals surface area contributed by atoms with Gasteiger partial charge in [0, 0.05) is 24.4 Å². The monoisotopic (exact) mass is 248 g/mol. The van der Waals surface area contributed by atoms with Gasteiger partial charge in [-0.15, -0.1) is 6.58 Å². The van der Waals surface area contributed by atoms with Gasteiger partial charge in [0.15, 0.2) is 0 Å². The van der Waals surface area contributed by atoms with Crippen LogP contribution in [-0.4, -0.2) is 18.1 Å². The summed E-state index contributed by atoms with van der Waals surface area (Å²) in [5, 5.41) is 3.29. The molecule has 0 spiro atoms. The molecule has 1 rings (SSSR count). The van der Waals surface area contributed by atoms with Gasteiger partial charge in [0.2, 0.25) is 0 Å². The van der Waals surface area contributed by atoms with E-state index >= 15 is 0 Å². The van der Waals surface area contributed by atoms with E-state index in [0.717, 1.165) is 18.2 Å². The van der Waals surface area contributed by atoms with Crippen LogP contribution >= 0.6 is 0 Å². The van der Waals surface area contributed by atoms with E-state index in [0.29, 0.717) is 0 Å². The van der Waals surface area contributed by atoms with Crippen molar-refractivity contribution in [2.24, 2.45) is 0 Å². The summed E-state index contributed by atoms with van der Waals surface area (Å²) < 4.78 is 0. The van der Waals surface area contributed by atoms with Crippen LogP contribution in [0.4, 0.5) is 0 Å². The van der Waals surface area contributed by atoms with E-state index in [2.05, 4.69) is 30.7 Å². The second-order valence-electron chi connectivity index (χ2n) is 4.35. The lowest BCUT2D eigenvalue weighted by Gasteiger charge is -2.11. The predicted molar refractivity (Wildman–Crippen MR) is 80.8 cm³/mol. The summed E-state index contributed by atoms with van der Waals surface area (Å²) in [4.78, 5) is 4.10. The zero-order chi connectivity index (χ0) is 13.6. The second-order valence-corrected chi connectivity index (χ2v) is 4.35. The lowest BCUT2D eigenvalue weighted by molar-refractivity contribution is 0.488. The fraction of sp³-hybridized carbons (Fsp3) is 0.562. The smallest absolute Gasteiger partial charge is 0.0441 e. The average molecular weight is 248 g/mol. The number of hydrogen-bond donors (Lipinski definition) is 1. The minimum Gasteiger partial charge on any atom is -0.317 e. The maximum atomic E-state index is 4.10. The molecule has 0 fully saturated rings. The van der Waals surface area contributed by atoms with E-state index in [1.807, 2.05) is 31.3 Å². The molecule has 0 aliphatic rings. The highest BCUT2D eigenvalue weighted by Gasteiger charge is 1.99. The molecule has 0 bridgehead atoms. The van der Waals surface area contributed by atoms with Crippen molar-refractivity contribution in [3.63, 3.8) is 0 Å². The molecule has 1 atom stereocenters. The summed E-state index contributed by atoms with van der Waals surface area (Å²) in [6.07, 6.45) is 9.78. The normalized spacial score (nSPS) is 11.3. The second kappa shape index (κ2) is 12.3. The molecule has 0 saturated carbocycles. The first kappa shape index (κ1) is 16.9. The standard InChI is InChI=1S/C8H9N.C8H19N/c1-2-5-8-6-3-4-7-9-8;1-4-6-7-8(5-2)9-3/h2-4,6-7H,1,5H2;8-9H,4-7H2,1-3H3. The first-order valence-corrected chi connectivity index (χ1v) is 6.96. The predicted octanol–water partition coefficient (Wildman–Crippen LogP) is 3.98. The molecule has 0 amide bonds. The highest BCUT2D eigenvalue weighted by atomic mass is 14.9. The van der Waals surface area contributed by atoms with Crippen LogP contribution in [0.3, 0.4) is 0 Å². The number of rotatable bonds is 7. The molecule has 1 heterocycles. The van der Waals surface area contributed by atoms with Crippen molar-refractivity contribution in [3.05, 3.63) is 42.7 Å². The SMILES string of the molecule is C=CCc1ccccn1.CCCCC(CC)NC. The highest BCUT2D eigenvalue weighted by Crippen LogP contribution is 2.02. The lowest BCUT2D eigenvalue weighted by atomic mass is 10.1. The molecule has 0 aromatic carbocycles. The van der Waals surface area contributed by atoms with Crippen molar-refractivity contribution in [2.45, 2.75) is 52.0 Å². The molecule has 0 aliphatic heterocycles. The van der Waals surface area contributed by atoms with Crippen molar-refractivity contribution in [2.75, 3.05) is 7.05 Å². The van der Waals surface area contributed by atoms with Crippen molar-refractivity contribution in [1.82, 2.24) is 10.3 Å². The van der Waals surface area contributed by atoms with Gasteiger partial charge >= 0.3 is 0 Å². The number of hydrogen-bond acceptors (Lipinski definition) is 2. The molecule has 2 nitrogen and oxygen atoms in total. The molecule has 18 heavy (non-hydrogen) atoms. The third-order valence-corrected chi connectivity index (χ3v) is 2.89. The average Bonchev–Trinajstić information content (AvgIpc) is 2.42. The molecular formula is C16H28N2. The Morgan fingerprint density at radius 3 is 2.61 bits per heavy atom. The van der Waals surface area contributed by atoms with E-state index in [-0.39, 0.29) is 0 Å². The maximum Gasteiger partial charge on any atom is 0.0441 e. The summed E-state index contributed by atoms with van der Waals surface area (Å²) in [5.74, 6) is 0. The molecule has 0 radical (unpaired) electrons. The molecule has 0 aliphatic carbocycles. The Hall–Kier alpha value is -1.15. The van der Waals surface area contributed by atoms with Gasteiger partial charge in [0.1, 0.15) is 0 Å². The molecule has 0 saturated heterocycles. The van der Waals surface area contributed by atoms with Gasteiger partial charge in [-0.25, -0.2) is 0 Å². The maximum absolute atomic E-state index is 4.10. The molecule has 1 aromatic heterocycles. The van der Waals surface area contributed by atoms with Gasteiger partial charge in [0.05, 0.1) is 0 Å². The van der Waals surface area contributed by atoms with Crippen molar-refractivity contribution in [3.8, 4) is 0 Å². The molecule has 1 aromatic rings. The van der Waals surface area contributed by atoms with Crippen LogP contribution < -0.4 is 5.32 Å². The number of allylic oxidation sites excluding steroid dienone is 1. The fourth-order valence-electron chi connectivity index (χ4n) is 1.67. The number of pyridine rings is 1. The summed E-state index contributed by atoms with van der Waals surface area (Å²) in [6, 6.07) is 6.63. The minimum absolute atomic E-state index is 0.755. The minimum atomic E-state index is 0.755. The quantitative estimate of drug-likeness (QED) is 0.738. The summed E-state index contributed by atoms with van der Waals surface area (Å²) in [5.41, 5.74) is 1.08. The molecular weight excluding hydrogens is 220 g/mol. The summed E-state index contributed by atoms with van der Waals surface area (Å²) in [6.45, 7) is 8.09. The van der Waals surface area contributed by atoms with Gasteiger partial charge in [0.25, 0.3) is 0 Å². The van der Waals surface area contributed by atoms with Gasteiger partial charge in [-0.05, 0) is 32.0 Å². The van der Waals surface area contributed by atoms with E-state index < -0.39 is 0 Å². The largest absolute Gasteiger partial charge is 0.317 e. The Labute approximate surface area is 113 Å². The van der Waals surface area contributed by atoms with Crippen LogP contribution in [0.1, 0.15) is 45.2 Å². The van der Waals surface area contributed by atoms with E-state index in [4.69, 9.17) is 0 Å². The number of nitrogens with zero attached hydrogens (tertiary/aromatic N) is 1. The van der Waals surface area contributed by atoms with Crippen LogP contribution in [0.25, 0.3) is 0 Å². The van der Waals surface area contributed by atoms with Gasteiger partial charge in [-0.1, -0.05) is 38.8 Å². The molecule has 1 unspecified atom stereocenters. The van der Waals surface area contributed by atoms with Crippen molar-refractivity contribution >= 4 is 0 Å². The van der Waals surface area contributed by atoms with Crippen LogP contribution in [0.15, 0.2) is 37.1 Å². The van der Waals surface area contributed by atoms with E-state index in [9.17, 15) is 0 Å². The summed E-state index contributed by atoms with van der Waals surface area (Å²) >= 11 is 0. The summed E-state index contributed by atoms with van der Waals surface area (Å²) in [7, 11) is 2.05. The van der Waals surface area contributed by atoms with E-state index in [1.54, 1.807) is 6.20 Å². The molecule has 2 heteroatoms. The van der Waals surface area contributed by atoms with Crippen molar-refractivity contribution in [1.29, 1.82) is 0 Å². The van der Waals surface area contributed by atoms with Crippen LogP contribution in [0.5, 0.6) is 0 Å². The zero-order valence-electron chi connectivity index (χ0n) is 12.2. The first-order chi connectivity index (χ1) is 8.78.